The van der Waals surface area contributed by atoms with E-state index >= 15 is 0 Å². The number of nitrogens with zero attached hydrogens (tertiary/aromatic N) is 1. The summed E-state index contributed by atoms with van der Waals surface area (Å²) in [6, 6.07) is 17.0. The van der Waals surface area contributed by atoms with Crippen molar-refractivity contribution in [3.8, 4) is 0 Å². The van der Waals surface area contributed by atoms with Crippen molar-refractivity contribution in [3.05, 3.63) is 48.5 Å². The molecule has 1 radical (unpaired) electrons. The molecule has 0 aromatic heterocycles. The summed E-state index contributed by atoms with van der Waals surface area (Å²) in [5, 5.41) is 0. The molecule has 0 saturated carbocycles. The van der Waals surface area contributed by atoms with Gasteiger partial charge < -0.3 is 0 Å². The van der Waals surface area contributed by atoms with Crippen LogP contribution in [-0.4, -0.2) is 7.05 Å². The first-order valence-corrected chi connectivity index (χ1v) is 5.77. The number of rotatable bonds is 0. The van der Waals surface area contributed by atoms with Crippen LogP contribution in [0.5, 0.6) is 0 Å². The standard InChI is InChI=1S/C13H11NS/c1-14-10-6-2-4-8-12(10)15-13-9-5-3-7-11(13)14/h2-9H,1H3/q+1/i1+1. The summed E-state index contributed by atoms with van der Waals surface area (Å²) in [7, 11) is 2.12. The van der Waals surface area contributed by atoms with E-state index in [0.29, 0.717) is 0 Å². The summed E-state index contributed by atoms with van der Waals surface area (Å²) in [5.74, 6) is 0. The van der Waals surface area contributed by atoms with Crippen LogP contribution in [0.4, 0.5) is 11.4 Å². The summed E-state index contributed by atoms with van der Waals surface area (Å²) in [6.45, 7) is 0. The van der Waals surface area contributed by atoms with E-state index in [1.54, 1.807) is 0 Å². The Balaban J connectivity index is 2.20. The molecule has 0 atom stereocenters. The topological polar surface area (TPSA) is 5.90 Å². The summed E-state index contributed by atoms with van der Waals surface area (Å²) >= 11 is 1.84. The van der Waals surface area contributed by atoms with Crippen molar-refractivity contribution in [1.29, 1.82) is 0 Å². The predicted octanol–water partition coefficient (Wildman–Crippen LogP) is 3.88. The van der Waals surface area contributed by atoms with Crippen LogP contribution in [0, 0.1) is 0 Å². The van der Waals surface area contributed by atoms with Gasteiger partial charge in [-0.3, -0.25) is 0 Å². The summed E-state index contributed by atoms with van der Waals surface area (Å²) < 4.78 is 0. The average molecular weight is 214 g/mol. The largest absolute Gasteiger partial charge is 0.200 e. The van der Waals surface area contributed by atoms with Crippen LogP contribution in [0.15, 0.2) is 58.3 Å². The molecule has 0 spiro atoms. The third kappa shape index (κ3) is 1.37. The van der Waals surface area contributed by atoms with Crippen molar-refractivity contribution in [2.45, 2.75) is 9.79 Å². The fourth-order valence-corrected chi connectivity index (χ4v) is 3.04. The van der Waals surface area contributed by atoms with E-state index < -0.39 is 0 Å². The van der Waals surface area contributed by atoms with Gasteiger partial charge in [-0.1, -0.05) is 40.9 Å². The zero-order valence-electron chi connectivity index (χ0n) is 8.47. The Morgan fingerprint density at radius 2 is 1.27 bits per heavy atom. The van der Waals surface area contributed by atoms with Crippen molar-refractivity contribution < 1.29 is 0 Å². The van der Waals surface area contributed by atoms with E-state index in [2.05, 4.69) is 60.5 Å². The van der Waals surface area contributed by atoms with Crippen LogP contribution in [0.25, 0.3) is 0 Å². The molecule has 0 fully saturated rings. The van der Waals surface area contributed by atoms with E-state index in [0.717, 1.165) is 0 Å². The van der Waals surface area contributed by atoms with Gasteiger partial charge in [-0.05, 0) is 12.1 Å². The lowest BCUT2D eigenvalue weighted by molar-refractivity contribution is 0.802. The number of para-hydroxylation sites is 2. The first-order chi connectivity index (χ1) is 7.36. The highest BCUT2D eigenvalue weighted by Gasteiger charge is 2.29. The smallest absolute Gasteiger partial charge is 0.0979 e. The number of hydrogen-bond acceptors (Lipinski definition) is 2. The van der Waals surface area contributed by atoms with Gasteiger partial charge in [-0.15, -0.1) is 0 Å². The molecular weight excluding hydrogens is 203 g/mol. The van der Waals surface area contributed by atoms with Crippen molar-refractivity contribution in [1.82, 2.24) is 4.90 Å². The maximum absolute atomic E-state index is 2.25. The van der Waals surface area contributed by atoms with Crippen LogP contribution >= 0.6 is 11.8 Å². The minimum atomic E-state index is 1.29. The first-order valence-electron chi connectivity index (χ1n) is 4.96. The molecule has 0 saturated heterocycles. The highest BCUT2D eigenvalue weighted by molar-refractivity contribution is 7.99. The Hall–Kier alpha value is -1.25. The fraction of sp³-hybridized carbons (Fsp3) is 0.0769. The summed E-state index contributed by atoms with van der Waals surface area (Å²) in [4.78, 5) is 4.92. The first kappa shape index (κ1) is 9.01. The van der Waals surface area contributed by atoms with Gasteiger partial charge in [0.1, 0.15) is 7.05 Å². The molecule has 0 aliphatic carbocycles. The molecule has 0 bridgehead atoms. The molecule has 1 heterocycles. The maximum Gasteiger partial charge on any atom is 0.200 e. The van der Waals surface area contributed by atoms with Crippen molar-refractivity contribution >= 4 is 23.1 Å². The lowest BCUT2D eigenvalue weighted by Gasteiger charge is -2.17. The van der Waals surface area contributed by atoms with Crippen molar-refractivity contribution in [2.75, 3.05) is 7.05 Å². The molecule has 1 aliphatic rings. The van der Waals surface area contributed by atoms with E-state index in [1.165, 1.54) is 21.2 Å². The molecule has 15 heavy (non-hydrogen) atoms. The fourth-order valence-electron chi connectivity index (χ4n) is 1.89. The molecule has 2 heteroatoms. The van der Waals surface area contributed by atoms with Gasteiger partial charge in [-0.2, -0.15) is 0 Å². The second-order valence-corrected chi connectivity index (χ2v) is 4.68. The van der Waals surface area contributed by atoms with Crippen LogP contribution in [-0.2, 0) is 0 Å². The molecule has 0 amide bonds. The Labute approximate surface area is 93.7 Å². The zero-order valence-corrected chi connectivity index (χ0v) is 9.29. The number of benzene rings is 2. The van der Waals surface area contributed by atoms with Crippen LogP contribution < -0.4 is 4.90 Å². The van der Waals surface area contributed by atoms with E-state index in [1.807, 2.05) is 11.8 Å². The van der Waals surface area contributed by atoms with Gasteiger partial charge in [0.15, 0.2) is 11.4 Å². The maximum atomic E-state index is 2.25. The van der Waals surface area contributed by atoms with Gasteiger partial charge in [0, 0.05) is 12.1 Å². The second-order valence-electron chi connectivity index (χ2n) is 3.60. The normalized spacial score (nSPS) is 14.5. The van der Waals surface area contributed by atoms with Gasteiger partial charge in [-0.25, -0.2) is 0 Å². The lowest BCUT2D eigenvalue weighted by Crippen LogP contribution is -2.15. The summed E-state index contributed by atoms with van der Waals surface area (Å²) in [6.07, 6.45) is 0. The molecule has 0 unspecified atom stereocenters. The minimum absolute atomic E-state index is 1.29. The van der Waals surface area contributed by atoms with Gasteiger partial charge >= 0.3 is 0 Å². The van der Waals surface area contributed by atoms with Gasteiger partial charge in [0.25, 0.3) is 0 Å². The molecule has 2 aromatic rings. The predicted molar refractivity (Wildman–Crippen MR) is 64.4 cm³/mol. The summed E-state index contributed by atoms with van der Waals surface area (Å²) in [5.41, 5.74) is 2.59. The SMILES string of the molecule is [13CH3][N+]1c2ccccc2Sc2ccccc21. The van der Waals surface area contributed by atoms with Crippen LogP contribution in [0.3, 0.4) is 0 Å². The van der Waals surface area contributed by atoms with Gasteiger partial charge in [0.05, 0.1) is 9.79 Å². The monoisotopic (exact) mass is 214 g/mol. The van der Waals surface area contributed by atoms with E-state index in [-0.39, 0.29) is 0 Å². The Kier molecular flexibility index (Phi) is 2.04. The third-order valence-electron chi connectivity index (χ3n) is 2.67. The van der Waals surface area contributed by atoms with Crippen LogP contribution in [0.1, 0.15) is 0 Å². The molecule has 1 nitrogen and oxygen atoms in total. The third-order valence-corrected chi connectivity index (χ3v) is 3.80. The molecule has 3 rings (SSSR count). The second kappa shape index (κ2) is 3.40. The zero-order chi connectivity index (χ0) is 10.3. The van der Waals surface area contributed by atoms with Gasteiger partial charge in [0.2, 0.25) is 0 Å². The highest BCUT2D eigenvalue weighted by Crippen LogP contribution is 2.46. The number of fused-ring (bicyclic) bond motifs is 2. The van der Waals surface area contributed by atoms with E-state index in [9.17, 15) is 0 Å². The Morgan fingerprint density at radius 1 is 0.800 bits per heavy atom. The van der Waals surface area contributed by atoms with E-state index in [4.69, 9.17) is 0 Å². The Bertz CT molecular complexity index is 462. The van der Waals surface area contributed by atoms with Crippen molar-refractivity contribution in [3.63, 3.8) is 0 Å². The molecule has 1 aliphatic heterocycles. The highest BCUT2D eigenvalue weighted by atomic mass is 32.2. The molecule has 73 valence electrons. The quantitative estimate of drug-likeness (QED) is 0.476. The number of hydrogen-bond donors (Lipinski definition) is 0. The molecule has 0 N–H and O–H groups in total. The minimum Gasteiger partial charge on any atom is -0.0979 e. The molecule has 2 aromatic carbocycles. The van der Waals surface area contributed by atoms with Crippen molar-refractivity contribution in [2.24, 2.45) is 0 Å². The van der Waals surface area contributed by atoms with Crippen LogP contribution in [0.2, 0.25) is 0 Å². The average Bonchev–Trinajstić information content (AvgIpc) is 2.30. The molecular formula is C13H11NS+. The lowest BCUT2D eigenvalue weighted by atomic mass is 10.2. The Morgan fingerprint density at radius 3 is 1.80 bits per heavy atom. The number of anilines is 2.